The first kappa shape index (κ1) is 27.9. The molecular formula is C30H22F3N3O4S. The van der Waals surface area contributed by atoms with Crippen LogP contribution in [0.3, 0.4) is 0 Å². The van der Waals surface area contributed by atoms with Crippen molar-refractivity contribution in [1.82, 2.24) is 15.3 Å². The fourth-order valence-electron chi connectivity index (χ4n) is 4.04. The lowest BCUT2D eigenvalue weighted by Gasteiger charge is -2.14. The molecule has 1 atom stereocenters. The van der Waals surface area contributed by atoms with E-state index in [1.54, 1.807) is 24.3 Å². The maximum atomic E-state index is 13.4. The lowest BCUT2D eigenvalue weighted by Crippen LogP contribution is -2.42. The quantitative estimate of drug-likeness (QED) is 0.201. The monoisotopic (exact) mass is 577 g/mol. The summed E-state index contributed by atoms with van der Waals surface area (Å²) in [5.41, 5.74) is 0.999. The summed E-state index contributed by atoms with van der Waals surface area (Å²) >= 11 is 1.34. The highest BCUT2D eigenvalue weighted by atomic mass is 32.2. The number of nitrogens with zero attached hydrogens (tertiary/aromatic N) is 2. The number of alkyl halides is 3. The lowest BCUT2D eigenvalue weighted by atomic mass is 10.1. The third kappa shape index (κ3) is 6.58. The highest BCUT2D eigenvalue weighted by molar-refractivity contribution is 7.98. The van der Waals surface area contributed by atoms with E-state index < -0.39 is 29.7 Å². The van der Waals surface area contributed by atoms with Gasteiger partial charge in [-0.2, -0.15) is 24.9 Å². The van der Waals surface area contributed by atoms with Crippen LogP contribution in [0.25, 0.3) is 33.8 Å². The van der Waals surface area contributed by atoms with Crippen molar-refractivity contribution < 1.29 is 32.3 Å². The molecule has 5 aromatic rings. The predicted molar refractivity (Wildman–Crippen MR) is 149 cm³/mol. The molecule has 2 N–H and O–H groups in total. The molecule has 41 heavy (non-hydrogen) atoms. The summed E-state index contributed by atoms with van der Waals surface area (Å²) in [4.78, 5) is 34.2. The first-order valence-corrected chi connectivity index (χ1v) is 13.5. The maximum absolute atomic E-state index is 13.4. The van der Waals surface area contributed by atoms with Crippen LogP contribution in [0.15, 0.2) is 95.4 Å². The van der Waals surface area contributed by atoms with Crippen molar-refractivity contribution in [1.29, 1.82) is 0 Å². The van der Waals surface area contributed by atoms with Gasteiger partial charge in [0.05, 0.1) is 11.1 Å². The van der Waals surface area contributed by atoms with Gasteiger partial charge in [-0.3, -0.25) is 4.79 Å². The summed E-state index contributed by atoms with van der Waals surface area (Å²) < 4.78 is 45.1. The zero-order valence-corrected chi connectivity index (χ0v) is 22.1. The zero-order valence-electron chi connectivity index (χ0n) is 21.3. The molecule has 3 aromatic carbocycles. The molecule has 7 nitrogen and oxygen atoms in total. The van der Waals surface area contributed by atoms with Crippen LogP contribution in [0.1, 0.15) is 21.6 Å². The molecule has 0 spiro atoms. The SMILES string of the molecule is O=C(NC(CSCc1ccccc1)C(=O)O)c1nc(-c2ccc(C(F)(F)F)cc2)oc1-c1ccc2ccccc2n1. The molecule has 2 heterocycles. The third-order valence-corrected chi connectivity index (χ3v) is 7.24. The lowest BCUT2D eigenvalue weighted by molar-refractivity contribution is -0.139. The fraction of sp³-hybridized carbons (Fsp3) is 0.133. The molecule has 0 fully saturated rings. The van der Waals surface area contributed by atoms with Crippen molar-refractivity contribution in [2.24, 2.45) is 0 Å². The number of carbonyl (C=O) groups excluding carboxylic acids is 1. The molecule has 1 amide bonds. The normalized spacial score (nSPS) is 12.3. The number of hydrogen-bond acceptors (Lipinski definition) is 6. The van der Waals surface area contributed by atoms with E-state index in [4.69, 9.17) is 4.42 Å². The highest BCUT2D eigenvalue weighted by Gasteiger charge is 2.31. The molecule has 0 bridgehead atoms. The number of carboxylic acids is 1. The molecular weight excluding hydrogens is 555 g/mol. The van der Waals surface area contributed by atoms with Gasteiger partial charge in [0.1, 0.15) is 11.7 Å². The Balaban J connectivity index is 1.46. The van der Waals surface area contributed by atoms with Crippen LogP contribution >= 0.6 is 11.8 Å². The summed E-state index contributed by atoms with van der Waals surface area (Å²) in [7, 11) is 0. The largest absolute Gasteiger partial charge is 0.480 e. The number of oxazole rings is 1. The Morgan fingerprint density at radius 2 is 1.61 bits per heavy atom. The molecule has 208 valence electrons. The van der Waals surface area contributed by atoms with Gasteiger partial charge in [0, 0.05) is 22.5 Å². The van der Waals surface area contributed by atoms with Crippen LogP contribution in [0.4, 0.5) is 13.2 Å². The van der Waals surface area contributed by atoms with Gasteiger partial charge >= 0.3 is 12.1 Å². The minimum atomic E-state index is -4.52. The van der Waals surface area contributed by atoms with Crippen LogP contribution in [0.5, 0.6) is 0 Å². The molecule has 0 aliphatic carbocycles. The molecule has 0 aliphatic rings. The van der Waals surface area contributed by atoms with E-state index in [2.05, 4.69) is 15.3 Å². The Bertz CT molecular complexity index is 1690. The molecule has 2 aromatic heterocycles. The molecule has 0 aliphatic heterocycles. The average Bonchev–Trinajstić information content (AvgIpc) is 3.42. The van der Waals surface area contributed by atoms with E-state index >= 15 is 0 Å². The van der Waals surface area contributed by atoms with Crippen molar-refractivity contribution in [3.05, 3.63) is 108 Å². The summed E-state index contributed by atoms with van der Waals surface area (Å²) in [6.07, 6.45) is -4.52. The third-order valence-electron chi connectivity index (χ3n) is 6.13. The van der Waals surface area contributed by atoms with E-state index in [9.17, 15) is 27.9 Å². The second-order valence-electron chi connectivity index (χ2n) is 9.03. The van der Waals surface area contributed by atoms with Gasteiger partial charge in [0.25, 0.3) is 5.91 Å². The van der Waals surface area contributed by atoms with E-state index in [0.29, 0.717) is 11.3 Å². The van der Waals surface area contributed by atoms with Crippen LogP contribution < -0.4 is 5.32 Å². The van der Waals surface area contributed by atoms with Crippen molar-refractivity contribution in [2.45, 2.75) is 18.0 Å². The first-order valence-electron chi connectivity index (χ1n) is 12.4. The van der Waals surface area contributed by atoms with Crippen LogP contribution in [-0.4, -0.2) is 38.7 Å². The van der Waals surface area contributed by atoms with Gasteiger partial charge in [-0.25, -0.2) is 14.8 Å². The molecule has 0 saturated heterocycles. The van der Waals surface area contributed by atoms with E-state index in [-0.39, 0.29) is 34.4 Å². The van der Waals surface area contributed by atoms with Crippen molar-refractivity contribution in [2.75, 3.05) is 5.75 Å². The van der Waals surface area contributed by atoms with Crippen LogP contribution in [0.2, 0.25) is 0 Å². The van der Waals surface area contributed by atoms with Gasteiger partial charge in [-0.1, -0.05) is 54.6 Å². The number of fused-ring (bicyclic) bond motifs is 1. The number of carbonyl (C=O) groups is 2. The minimum absolute atomic E-state index is 0.0378. The minimum Gasteiger partial charge on any atom is -0.480 e. The first-order chi connectivity index (χ1) is 19.7. The number of para-hydroxylation sites is 1. The summed E-state index contributed by atoms with van der Waals surface area (Å²) in [6, 6.07) is 23.1. The van der Waals surface area contributed by atoms with Crippen LogP contribution in [0, 0.1) is 0 Å². The number of hydrogen-bond donors (Lipinski definition) is 2. The van der Waals surface area contributed by atoms with Gasteiger partial charge < -0.3 is 14.8 Å². The Labute approximate surface area is 236 Å². The molecule has 0 saturated carbocycles. The van der Waals surface area contributed by atoms with E-state index in [0.717, 1.165) is 23.1 Å². The predicted octanol–water partition coefficient (Wildman–Crippen LogP) is 6.69. The van der Waals surface area contributed by atoms with Gasteiger partial charge in [0.2, 0.25) is 5.89 Å². The fourth-order valence-corrected chi connectivity index (χ4v) is 5.04. The molecule has 0 radical (unpaired) electrons. The molecule has 5 rings (SSSR count). The smallest absolute Gasteiger partial charge is 0.416 e. The van der Waals surface area contributed by atoms with Gasteiger partial charge in [0.15, 0.2) is 11.5 Å². The van der Waals surface area contributed by atoms with Gasteiger partial charge in [-0.05, 0) is 42.0 Å². The van der Waals surface area contributed by atoms with E-state index in [1.807, 2.05) is 42.5 Å². The number of rotatable bonds is 9. The zero-order chi connectivity index (χ0) is 29.0. The number of thioether (sulfide) groups is 1. The summed E-state index contributed by atoms with van der Waals surface area (Å²) in [6.45, 7) is 0. The second kappa shape index (κ2) is 11.8. The second-order valence-corrected chi connectivity index (χ2v) is 10.1. The standard InChI is InChI=1S/C30H22F3N3O4S/c31-30(32,33)21-13-10-20(11-14-21)28-36-25(26(40-28)23-15-12-19-8-4-5-9-22(19)34-23)27(37)35-24(29(38)39)17-41-16-18-6-2-1-3-7-18/h1-15,24H,16-17H2,(H,35,37)(H,38,39). The number of benzene rings is 3. The Hall–Kier alpha value is -4.64. The van der Waals surface area contributed by atoms with E-state index in [1.165, 1.54) is 23.9 Å². The number of aromatic nitrogens is 2. The number of nitrogens with one attached hydrogen (secondary N) is 1. The number of amides is 1. The number of carboxylic acid groups (broad SMARTS) is 1. The summed E-state index contributed by atoms with van der Waals surface area (Å²) in [5.74, 6) is -1.55. The van der Waals surface area contributed by atoms with Crippen molar-refractivity contribution in [3.8, 4) is 22.9 Å². The molecule has 11 heteroatoms. The van der Waals surface area contributed by atoms with Crippen LogP contribution in [-0.2, 0) is 16.7 Å². The Kier molecular flexibility index (Phi) is 8.06. The van der Waals surface area contributed by atoms with Crippen molar-refractivity contribution in [3.63, 3.8) is 0 Å². The molecule has 1 unspecified atom stereocenters. The Morgan fingerprint density at radius 3 is 2.32 bits per heavy atom. The maximum Gasteiger partial charge on any atom is 0.416 e. The highest BCUT2D eigenvalue weighted by Crippen LogP contribution is 2.33. The summed E-state index contributed by atoms with van der Waals surface area (Å²) in [5, 5.41) is 13.1. The van der Waals surface area contributed by atoms with Crippen molar-refractivity contribution >= 4 is 34.5 Å². The number of pyridine rings is 1. The number of aliphatic carboxylic acids is 1. The average molecular weight is 578 g/mol. The Morgan fingerprint density at radius 1 is 0.902 bits per heavy atom. The topological polar surface area (TPSA) is 105 Å². The number of halogens is 3. The van der Waals surface area contributed by atoms with Gasteiger partial charge in [-0.15, -0.1) is 0 Å².